The molecular weight excluding hydrogens is 338 g/mol. The van der Waals surface area contributed by atoms with E-state index in [0.717, 1.165) is 17.0 Å². The number of rotatable bonds is 7. The molecule has 1 atom stereocenters. The highest BCUT2D eigenvalue weighted by molar-refractivity contribution is 7.89. The molecule has 1 heterocycles. The third-order valence-electron chi connectivity index (χ3n) is 4.19. The van der Waals surface area contributed by atoms with Crippen molar-refractivity contribution in [3.05, 3.63) is 40.7 Å². The molecule has 0 amide bonds. The molecule has 2 aromatic rings. The standard InChI is InChI=1S/C18H27N3O3S/c1-12(11-21-16(5)9-15(4)20-21)10-19-25(22,23)18-8-13(2)17(24-6)7-14(18)3/h7-9,12,19H,10-11H2,1-6H3. The van der Waals surface area contributed by atoms with E-state index < -0.39 is 10.0 Å². The van der Waals surface area contributed by atoms with Crippen LogP contribution >= 0.6 is 0 Å². The molecule has 138 valence electrons. The number of methoxy groups -OCH3 is 1. The van der Waals surface area contributed by atoms with Crippen LogP contribution in [0.2, 0.25) is 0 Å². The zero-order chi connectivity index (χ0) is 18.8. The highest BCUT2D eigenvalue weighted by Crippen LogP contribution is 2.25. The topological polar surface area (TPSA) is 73.2 Å². The molecule has 2 rings (SSSR count). The molecule has 1 aromatic heterocycles. The highest BCUT2D eigenvalue weighted by Gasteiger charge is 2.20. The quantitative estimate of drug-likeness (QED) is 0.819. The van der Waals surface area contributed by atoms with E-state index in [9.17, 15) is 8.42 Å². The molecule has 0 aliphatic carbocycles. The monoisotopic (exact) mass is 365 g/mol. The maximum Gasteiger partial charge on any atom is 0.240 e. The second-order valence-electron chi connectivity index (χ2n) is 6.65. The first kappa shape index (κ1) is 19.5. The van der Waals surface area contributed by atoms with Crippen LogP contribution in [-0.4, -0.2) is 31.9 Å². The molecular formula is C18H27N3O3S. The maximum atomic E-state index is 12.7. The van der Waals surface area contributed by atoms with Gasteiger partial charge in [-0.3, -0.25) is 4.68 Å². The van der Waals surface area contributed by atoms with E-state index in [1.54, 1.807) is 26.2 Å². The number of ether oxygens (including phenoxy) is 1. The van der Waals surface area contributed by atoms with Gasteiger partial charge in [-0.25, -0.2) is 13.1 Å². The Labute approximate surface area is 150 Å². The lowest BCUT2D eigenvalue weighted by molar-refractivity contribution is 0.410. The number of hydrogen-bond acceptors (Lipinski definition) is 4. The van der Waals surface area contributed by atoms with Crippen molar-refractivity contribution in [3.63, 3.8) is 0 Å². The van der Waals surface area contributed by atoms with Crippen molar-refractivity contribution in [1.82, 2.24) is 14.5 Å². The molecule has 0 saturated carbocycles. The lowest BCUT2D eigenvalue weighted by Gasteiger charge is -2.16. The Bertz CT molecular complexity index is 857. The van der Waals surface area contributed by atoms with Gasteiger partial charge < -0.3 is 4.74 Å². The molecule has 7 heteroatoms. The van der Waals surface area contributed by atoms with E-state index in [1.807, 2.05) is 38.4 Å². The molecule has 25 heavy (non-hydrogen) atoms. The molecule has 0 aliphatic heterocycles. The number of aromatic nitrogens is 2. The summed E-state index contributed by atoms with van der Waals surface area (Å²) in [6.07, 6.45) is 0. The molecule has 1 N–H and O–H groups in total. The number of sulfonamides is 1. The van der Waals surface area contributed by atoms with Crippen molar-refractivity contribution in [2.24, 2.45) is 5.92 Å². The van der Waals surface area contributed by atoms with E-state index in [-0.39, 0.29) is 5.92 Å². The summed E-state index contributed by atoms with van der Waals surface area (Å²) in [6, 6.07) is 5.42. The smallest absolute Gasteiger partial charge is 0.240 e. The molecule has 0 saturated heterocycles. The largest absolute Gasteiger partial charge is 0.496 e. The van der Waals surface area contributed by atoms with E-state index in [0.29, 0.717) is 29.3 Å². The van der Waals surface area contributed by atoms with Crippen LogP contribution in [0.4, 0.5) is 0 Å². The van der Waals surface area contributed by atoms with Crippen molar-refractivity contribution in [2.75, 3.05) is 13.7 Å². The number of nitrogens with one attached hydrogen (secondary N) is 1. The lowest BCUT2D eigenvalue weighted by atomic mass is 10.1. The lowest BCUT2D eigenvalue weighted by Crippen LogP contribution is -2.31. The number of nitrogens with zero attached hydrogens (tertiary/aromatic N) is 2. The molecule has 0 fully saturated rings. The Morgan fingerprint density at radius 2 is 1.84 bits per heavy atom. The van der Waals surface area contributed by atoms with Gasteiger partial charge in [-0.2, -0.15) is 5.10 Å². The molecule has 0 bridgehead atoms. The Hall–Kier alpha value is -1.86. The average Bonchev–Trinajstić information content (AvgIpc) is 2.84. The summed E-state index contributed by atoms with van der Waals surface area (Å²) in [4.78, 5) is 0.295. The van der Waals surface area contributed by atoms with Crippen LogP contribution in [-0.2, 0) is 16.6 Å². The van der Waals surface area contributed by atoms with E-state index in [2.05, 4.69) is 9.82 Å². The van der Waals surface area contributed by atoms with Crippen molar-refractivity contribution >= 4 is 10.0 Å². The van der Waals surface area contributed by atoms with E-state index >= 15 is 0 Å². The summed E-state index contributed by atoms with van der Waals surface area (Å²) in [7, 11) is -1.99. The summed E-state index contributed by atoms with van der Waals surface area (Å²) >= 11 is 0. The average molecular weight is 365 g/mol. The molecule has 0 spiro atoms. The maximum absolute atomic E-state index is 12.7. The molecule has 1 aromatic carbocycles. The Kier molecular flexibility index (Phi) is 5.90. The van der Waals surface area contributed by atoms with Gasteiger partial charge in [0.15, 0.2) is 0 Å². The van der Waals surface area contributed by atoms with Gasteiger partial charge in [0.25, 0.3) is 0 Å². The summed E-state index contributed by atoms with van der Waals surface area (Å²) in [5.41, 5.74) is 3.51. The normalized spacial score (nSPS) is 13.0. The van der Waals surface area contributed by atoms with Crippen molar-refractivity contribution in [1.29, 1.82) is 0 Å². The number of hydrogen-bond donors (Lipinski definition) is 1. The predicted octanol–water partition coefficient (Wildman–Crippen LogP) is 2.74. The minimum Gasteiger partial charge on any atom is -0.496 e. The Morgan fingerprint density at radius 1 is 1.16 bits per heavy atom. The fourth-order valence-electron chi connectivity index (χ4n) is 2.82. The highest BCUT2D eigenvalue weighted by atomic mass is 32.2. The zero-order valence-electron chi connectivity index (χ0n) is 15.8. The second-order valence-corrected chi connectivity index (χ2v) is 8.39. The fraction of sp³-hybridized carbons (Fsp3) is 0.500. The Balaban J connectivity index is 2.09. The van der Waals surface area contributed by atoms with Crippen molar-refractivity contribution < 1.29 is 13.2 Å². The van der Waals surface area contributed by atoms with Crippen LogP contribution in [0.5, 0.6) is 5.75 Å². The summed E-state index contributed by atoms with van der Waals surface area (Å²) < 4.78 is 35.2. The van der Waals surface area contributed by atoms with Gasteiger partial charge in [0.1, 0.15) is 5.75 Å². The van der Waals surface area contributed by atoms with Gasteiger partial charge >= 0.3 is 0 Å². The first-order valence-corrected chi connectivity index (χ1v) is 9.78. The van der Waals surface area contributed by atoms with Gasteiger partial charge in [-0.15, -0.1) is 0 Å². The van der Waals surface area contributed by atoms with Gasteiger partial charge in [0.2, 0.25) is 10.0 Å². The van der Waals surface area contributed by atoms with Crippen molar-refractivity contribution in [3.8, 4) is 5.75 Å². The van der Waals surface area contributed by atoms with Crippen LogP contribution in [0.1, 0.15) is 29.4 Å². The van der Waals surface area contributed by atoms with Crippen LogP contribution in [0.25, 0.3) is 0 Å². The fourth-order valence-corrected chi connectivity index (χ4v) is 4.30. The number of benzene rings is 1. The SMILES string of the molecule is COc1cc(C)c(S(=O)(=O)NCC(C)Cn2nc(C)cc2C)cc1C. The minimum absolute atomic E-state index is 0.118. The van der Waals surface area contributed by atoms with Gasteiger partial charge in [-0.05, 0) is 62.9 Å². The van der Waals surface area contributed by atoms with Crippen LogP contribution in [0, 0.1) is 33.6 Å². The van der Waals surface area contributed by atoms with E-state index in [1.165, 1.54) is 0 Å². The van der Waals surface area contributed by atoms with Gasteiger partial charge in [0, 0.05) is 18.8 Å². The van der Waals surface area contributed by atoms with Crippen molar-refractivity contribution in [2.45, 2.75) is 46.1 Å². The summed E-state index contributed by atoms with van der Waals surface area (Å²) in [5, 5.41) is 4.42. The minimum atomic E-state index is -3.57. The Morgan fingerprint density at radius 3 is 2.40 bits per heavy atom. The van der Waals surface area contributed by atoms with Crippen LogP contribution in [0.15, 0.2) is 23.1 Å². The van der Waals surface area contributed by atoms with Gasteiger partial charge in [0.05, 0.1) is 17.7 Å². The van der Waals surface area contributed by atoms with Crippen LogP contribution < -0.4 is 9.46 Å². The summed E-state index contributed by atoms with van der Waals surface area (Å²) in [5.74, 6) is 0.807. The van der Waals surface area contributed by atoms with Crippen LogP contribution in [0.3, 0.4) is 0 Å². The first-order chi connectivity index (χ1) is 11.6. The van der Waals surface area contributed by atoms with Gasteiger partial charge in [-0.1, -0.05) is 6.92 Å². The third kappa shape index (κ3) is 4.61. The van der Waals surface area contributed by atoms with E-state index in [4.69, 9.17) is 4.74 Å². The number of aryl methyl sites for hydroxylation is 4. The molecule has 0 aliphatic rings. The molecule has 1 unspecified atom stereocenters. The predicted molar refractivity (Wildman–Crippen MR) is 98.5 cm³/mol. The second kappa shape index (κ2) is 7.58. The molecule has 0 radical (unpaired) electrons. The zero-order valence-corrected chi connectivity index (χ0v) is 16.6. The third-order valence-corrected chi connectivity index (χ3v) is 5.76. The first-order valence-electron chi connectivity index (χ1n) is 8.30. The summed E-state index contributed by atoms with van der Waals surface area (Å²) in [6.45, 7) is 10.6. The molecule has 6 nitrogen and oxygen atoms in total.